The number of nitrogens with one attached hydrogen (secondary N) is 2. The summed E-state index contributed by atoms with van der Waals surface area (Å²) in [6, 6.07) is 9.06. The zero-order valence-corrected chi connectivity index (χ0v) is 11.5. The maximum Gasteiger partial charge on any atom is 0.275 e. The minimum atomic E-state index is 0.237. The molecule has 0 radical (unpaired) electrons. The fraction of sp³-hybridized carbons (Fsp3) is 0.562. The van der Waals surface area contributed by atoms with Crippen LogP contribution in [0, 0.1) is 0 Å². The predicted octanol–water partition coefficient (Wildman–Crippen LogP) is 0.686. The van der Waals surface area contributed by atoms with Crippen LogP contribution in [0.25, 0.3) is 0 Å². The predicted molar refractivity (Wildman–Crippen MR) is 74.9 cm³/mol. The monoisotopic (exact) mass is 259 g/mol. The van der Waals surface area contributed by atoms with E-state index in [4.69, 9.17) is 0 Å². The summed E-state index contributed by atoms with van der Waals surface area (Å²) in [6.45, 7) is 2.70. The minimum absolute atomic E-state index is 0.237. The Morgan fingerprint density at radius 2 is 1.95 bits per heavy atom. The zero-order chi connectivity index (χ0) is 13.1. The summed E-state index contributed by atoms with van der Waals surface area (Å²) in [5.74, 6) is 0.237. The van der Waals surface area contributed by atoms with Crippen molar-refractivity contribution in [3.8, 4) is 0 Å². The van der Waals surface area contributed by atoms with Crippen molar-refractivity contribution in [2.75, 3.05) is 13.1 Å². The van der Waals surface area contributed by atoms with Gasteiger partial charge < -0.3 is 10.2 Å². The Morgan fingerprint density at radius 1 is 1.21 bits per heavy atom. The summed E-state index contributed by atoms with van der Waals surface area (Å²) in [4.78, 5) is 13.4. The summed E-state index contributed by atoms with van der Waals surface area (Å²) in [6.07, 6.45) is 5.99. The van der Waals surface area contributed by atoms with Crippen LogP contribution in [-0.2, 0) is 17.8 Å². The maximum absolute atomic E-state index is 12.0. The first kappa shape index (κ1) is 12.7. The van der Waals surface area contributed by atoms with E-state index in [1.165, 1.54) is 41.7 Å². The van der Waals surface area contributed by atoms with Gasteiger partial charge in [-0.1, -0.05) is 37.1 Å². The third-order valence-electron chi connectivity index (χ3n) is 4.44. The summed E-state index contributed by atoms with van der Waals surface area (Å²) in [7, 11) is 0. The molecule has 1 aliphatic heterocycles. The van der Waals surface area contributed by atoms with Gasteiger partial charge in [-0.15, -0.1) is 0 Å². The molecule has 0 spiro atoms. The lowest BCUT2D eigenvalue weighted by Gasteiger charge is -2.25. The van der Waals surface area contributed by atoms with Crippen LogP contribution in [0.1, 0.15) is 36.8 Å². The van der Waals surface area contributed by atoms with Crippen molar-refractivity contribution in [1.82, 2.24) is 5.32 Å². The molecular weight excluding hydrogens is 236 g/mol. The molecule has 102 valence electrons. The van der Waals surface area contributed by atoms with Gasteiger partial charge in [-0.05, 0) is 18.4 Å². The molecule has 1 aromatic rings. The van der Waals surface area contributed by atoms with Crippen molar-refractivity contribution in [3.05, 3.63) is 35.4 Å². The first-order valence-corrected chi connectivity index (χ1v) is 7.51. The van der Waals surface area contributed by atoms with E-state index in [1.54, 1.807) is 0 Å². The Labute approximate surface area is 115 Å². The molecule has 3 rings (SSSR count). The van der Waals surface area contributed by atoms with Gasteiger partial charge in [0.05, 0.1) is 6.54 Å². The molecule has 0 aromatic heterocycles. The Kier molecular flexibility index (Phi) is 3.83. The lowest BCUT2D eigenvalue weighted by Crippen LogP contribution is -3.13. The largest absolute Gasteiger partial charge is 0.348 e. The average Bonchev–Trinajstić information content (AvgIpc) is 2.91. The second-order valence-corrected chi connectivity index (χ2v) is 5.92. The van der Waals surface area contributed by atoms with E-state index in [9.17, 15) is 4.79 Å². The van der Waals surface area contributed by atoms with Gasteiger partial charge in [-0.2, -0.15) is 0 Å². The SMILES string of the molecule is O=C(C[NH+]1CCc2ccccc2C1)NC1CCCC1. The van der Waals surface area contributed by atoms with E-state index in [2.05, 4.69) is 29.6 Å². The number of rotatable bonds is 3. The fourth-order valence-corrected chi connectivity index (χ4v) is 3.37. The first-order chi connectivity index (χ1) is 9.31. The maximum atomic E-state index is 12.0. The van der Waals surface area contributed by atoms with Crippen LogP contribution in [0.3, 0.4) is 0 Å². The molecule has 3 heteroatoms. The molecule has 2 N–H and O–H groups in total. The number of hydrogen-bond acceptors (Lipinski definition) is 1. The molecular formula is C16H23N2O+. The van der Waals surface area contributed by atoms with Gasteiger partial charge in [-0.25, -0.2) is 0 Å². The van der Waals surface area contributed by atoms with Crippen LogP contribution in [0.5, 0.6) is 0 Å². The molecule has 3 nitrogen and oxygen atoms in total. The van der Waals surface area contributed by atoms with Crippen molar-refractivity contribution in [2.24, 2.45) is 0 Å². The van der Waals surface area contributed by atoms with Crippen LogP contribution < -0.4 is 10.2 Å². The van der Waals surface area contributed by atoms with Gasteiger partial charge in [0.25, 0.3) is 5.91 Å². The first-order valence-electron chi connectivity index (χ1n) is 7.51. The van der Waals surface area contributed by atoms with Gasteiger partial charge in [0.15, 0.2) is 6.54 Å². The number of carbonyl (C=O) groups is 1. The Hall–Kier alpha value is -1.35. The molecule has 2 aliphatic rings. The van der Waals surface area contributed by atoms with E-state index in [0.717, 1.165) is 19.5 Å². The van der Waals surface area contributed by atoms with Gasteiger partial charge in [0.2, 0.25) is 0 Å². The highest BCUT2D eigenvalue weighted by molar-refractivity contribution is 5.77. The average molecular weight is 259 g/mol. The lowest BCUT2D eigenvalue weighted by molar-refractivity contribution is -0.908. The number of benzene rings is 1. The highest BCUT2D eigenvalue weighted by Crippen LogP contribution is 2.17. The fourth-order valence-electron chi connectivity index (χ4n) is 3.37. The summed E-state index contributed by atoms with van der Waals surface area (Å²) in [5, 5.41) is 3.19. The molecule has 1 unspecified atom stereocenters. The lowest BCUT2D eigenvalue weighted by atomic mass is 10.00. The number of hydrogen-bond donors (Lipinski definition) is 2. The molecule has 1 saturated carbocycles. The molecule has 0 bridgehead atoms. The van der Waals surface area contributed by atoms with Crippen LogP contribution >= 0.6 is 0 Å². The molecule has 0 saturated heterocycles. The molecule has 19 heavy (non-hydrogen) atoms. The second-order valence-electron chi connectivity index (χ2n) is 5.92. The number of quaternary nitrogens is 1. The topological polar surface area (TPSA) is 33.5 Å². The second kappa shape index (κ2) is 5.74. The quantitative estimate of drug-likeness (QED) is 0.822. The Morgan fingerprint density at radius 3 is 2.74 bits per heavy atom. The van der Waals surface area contributed by atoms with E-state index < -0.39 is 0 Å². The number of fused-ring (bicyclic) bond motifs is 1. The third kappa shape index (κ3) is 3.16. The Balaban J connectivity index is 1.52. The van der Waals surface area contributed by atoms with Crippen molar-refractivity contribution in [2.45, 2.75) is 44.7 Å². The summed E-state index contributed by atoms with van der Waals surface area (Å²) >= 11 is 0. The highest BCUT2D eigenvalue weighted by atomic mass is 16.2. The van der Waals surface area contributed by atoms with Crippen LogP contribution in [-0.4, -0.2) is 25.0 Å². The van der Waals surface area contributed by atoms with Gasteiger partial charge in [0, 0.05) is 18.0 Å². The molecule has 1 aromatic carbocycles. The van der Waals surface area contributed by atoms with E-state index in [1.807, 2.05) is 0 Å². The van der Waals surface area contributed by atoms with Crippen molar-refractivity contribution in [1.29, 1.82) is 0 Å². The molecule has 1 atom stereocenters. The number of amides is 1. The summed E-state index contributed by atoms with van der Waals surface area (Å²) in [5.41, 5.74) is 2.87. The standard InChI is InChI=1S/C16H22N2O/c19-16(17-15-7-3-4-8-15)12-18-10-9-13-5-1-2-6-14(13)11-18/h1-2,5-6,15H,3-4,7-12H2,(H,17,19)/p+1. The van der Waals surface area contributed by atoms with Gasteiger partial charge in [0.1, 0.15) is 6.54 Å². The normalized spacial score (nSPS) is 23.1. The number of carbonyl (C=O) groups excluding carboxylic acids is 1. The highest BCUT2D eigenvalue weighted by Gasteiger charge is 2.23. The van der Waals surface area contributed by atoms with Crippen molar-refractivity contribution < 1.29 is 9.69 Å². The van der Waals surface area contributed by atoms with E-state index >= 15 is 0 Å². The van der Waals surface area contributed by atoms with Crippen molar-refractivity contribution >= 4 is 5.91 Å². The van der Waals surface area contributed by atoms with E-state index in [-0.39, 0.29) is 5.91 Å². The summed E-state index contributed by atoms with van der Waals surface area (Å²) < 4.78 is 0. The van der Waals surface area contributed by atoms with Crippen molar-refractivity contribution in [3.63, 3.8) is 0 Å². The molecule has 1 amide bonds. The molecule has 1 heterocycles. The van der Waals surface area contributed by atoms with Crippen LogP contribution in [0.2, 0.25) is 0 Å². The van der Waals surface area contributed by atoms with Crippen LogP contribution in [0.15, 0.2) is 24.3 Å². The van der Waals surface area contributed by atoms with Gasteiger partial charge in [-0.3, -0.25) is 4.79 Å². The molecule has 1 fully saturated rings. The minimum Gasteiger partial charge on any atom is -0.348 e. The van der Waals surface area contributed by atoms with Gasteiger partial charge >= 0.3 is 0 Å². The van der Waals surface area contributed by atoms with E-state index in [0.29, 0.717) is 12.6 Å². The third-order valence-corrected chi connectivity index (χ3v) is 4.44. The zero-order valence-electron chi connectivity index (χ0n) is 11.5. The van der Waals surface area contributed by atoms with Crippen LogP contribution in [0.4, 0.5) is 0 Å². The smallest absolute Gasteiger partial charge is 0.275 e. The Bertz CT molecular complexity index is 452. The molecule has 1 aliphatic carbocycles.